The Labute approximate surface area is 105 Å². The highest BCUT2D eigenvalue weighted by Crippen LogP contribution is 2.09. The van der Waals surface area contributed by atoms with E-state index in [1.807, 2.05) is 18.7 Å². The van der Waals surface area contributed by atoms with Gasteiger partial charge in [0.15, 0.2) is 0 Å². The van der Waals surface area contributed by atoms with E-state index in [1.54, 1.807) is 0 Å². The molecular formula is C13H24N2S. The molecule has 0 N–H and O–H groups in total. The number of hydrogen-bond acceptors (Lipinski definition) is 2. The van der Waals surface area contributed by atoms with Crippen molar-refractivity contribution >= 4 is 12.6 Å². The summed E-state index contributed by atoms with van der Waals surface area (Å²) in [6.45, 7) is 1.12. The molecule has 0 saturated heterocycles. The average Bonchev–Trinajstić information content (AvgIpc) is 2.80. The van der Waals surface area contributed by atoms with Crippen molar-refractivity contribution < 1.29 is 0 Å². The molecule has 0 atom stereocenters. The molecule has 1 heterocycles. The van der Waals surface area contributed by atoms with E-state index in [-0.39, 0.29) is 0 Å². The average molecular weight is 240 g/mol. The van der Waals surface area contributed by atoms with Gasteiger partial charge in [-0.05, 0) is 18.6 Å². The highest BCUT2D eigenvalue weighted by atomic mass is 32.1. The molecule has 0 aliphatic heterocycles. The third-order valence-electron chi connectivity index (χ3n) is 2.88. The Morgan fingerprint density at radius 3 is 2.06 bits per heavy atom. The van der Waals surface area contributed by atoms with Crippen molar-refractivity contribution in [3.05, 3.63) is 18.7 Å². The molecule has 0 aliphatic carbocycles. The summed E-state index contributed by atoms with van der Waals surface area (Å²) in [6, 6.07) is 0. The number of imidazole rings is 1. The lowest BCUT2D eigenvalue weighted by atomic mass is 10.1. The van der Waals surface area contributed by atoms with Crippen molar-refractivity contribution in [2.45, 2.75) is 57.9 Å². The highest BCUT2D eigenvalue weighted by molar-refractivity contribution is 7.80. The van der Waals surface area contributed by atoms with E-state index in [2.05, 4.69) is 22.2 Å². The second-order valence-electron chi connectivity index (χ2n) is 4.35. The molecule has 2 nitrogen and oxygen atoms in total. The van der Waals surface area contributed by atoms with Crippen LogP contribution in [-0.2, 0) is 6.54 Å². The normalized spacial score (nSPS) is 10.8. The van der Waals surface area contributed by atoms with Crippen molar-refractivity contribution in [1.29, 1.82) is 0 Å². The Bertz CT molecular complexity index is 234. The molecule has 0 spiro atoms. The number of nitrogens with zero attached hydrogens (tertiary/aromatic N) is 2. The lowest BCUT2D eigenvalue weighted by molar-refractivity contribution is 0.544. The van der Waals surface area contributed by atoms with Gasteiger partial charge in [0, 0.05) is 18.9 Å². The van der Waals surface area contributed by atoms with Gasteiger partial charge in [-0.25, -0.2) is 4.98 Å². The fraction of sp³-hybridized carbons (Fsp3) is 0.769. The minimum absolute atomic E-state index is 1.05. The Morgan fingerprint density at radius 2 is 1.50 bits per heavy atom. The van der Waals surface area contributed by atoms with Crippen LogP contribution in [0.25, 0.3) is 0 Å². The first-order chi connectivity index (χ1) is 7.93. The molecule has 1 rings (SSSR count). The van der Waals surface area contributed by atoms with E-state index in [9.17, 15) is 0 Å². The quantitative estimate of drug-likeness (QED) is 0.484. The van der Waals surface area contributed by atoms with Crippen molar-refractivity contribution in [2.24, 2.45) is 0 Å². The summed E-state index contributed by atoms with van der Waals surface area (Å²) in [5, 5.41) is 0. The lowest BCUT2D eigenvalue weighted by Crippen LogP contribution is -1.93. The molecule has 0 aliphatic rings. The second-order valence-corrected chi connectivity index (χ2v) is 4.80. The third-order valence-corrected chi connectivity index (χ3v) is 3.20. The smallest absolute Gasteiger partial charge is 0.0945 e. The first kappa shape index (κ1) is 13.6. The van der Waals surface area contributed by atoms with Gasteiger partial charge in [0.2, 0.25) is 0 Å². The number of aromatic nitrogens is 2. The van der Waals surface area contributed by atoms with Gasteiger partial charge in [-0.15, -0.1) is 0 Å². The van der Waals surface area contributed by atoms with Crippen LogP contribution < -0.4 is 0 Å². The van der Waals surface area contributed by atoms with E-state index in [0.717, 1.165) is 12.3 Å². The van der Waals surface area contributed by atoms with Crippen LogP contribution in [0.1, 0.15) is 51.4 Å². The first-order valence-corrected chi connectivity index (χ1v) is 7.13. The minimum Gasteiger partial charge on any atom is -0.337 e. The Kier molecular flexibility index (Phi) is 8.31. The number of thiol groups is 1. The van der Waals surface area contributed by atoms with Gasteiger partial charge in [-0.3, -0.25) is 0 Å². The molecule has 0 radical (unpaired) electrons. The summed E-state index contributed by atoms with van der Waals surface area (Å²) >= 11 is 4.21. The molecule has 0 saturated carbocycles. The molecule has 16 heavy (non-hydrogen) atoms. The van der Waals surface area contributed by atoms with Crippen molar-refractivity contribution in [2.75, 3.05) is 5.75 Å². The van der Waals surface area contributed by atoms with Gasteiger partial charge in [-0.2, -0.15) is 12.6 Å². The topological polar surface area (TPSA) is 17.8 Å². The molecule has 0 unspecified atom stereocenters. The van der Waals surface area contributed by atoms with Crippen molar-refractivity contribution in [3.8, 4) is 0 Å². The molecule has 92 valence electrons. The SMILES string of the molecule is SCCCCCCCCCCn1ccnc1. The first-order valence-electron chi connectivity index (χ1n) is 6.50. The van der Waals surface area contributed by atoms with Gasteiger partial charge >= 0.3 is 0 Å². The molecule has 0 aromatic carbocycles. The minimum atomic E-state index is 1.05. The summed E-state index contributed by atoms with van der Waals surface area (Å²) in [5.74, 6) is 1.05. The summed E-state index contributed by atoms with van der Waals surface area (Å²) in [6.07, 6.45) is 16.6. The summed E-state index contributed by atoms with van der Waals surface area (Å²) < 4.78 is 2.16. The molecule has 0 bridgehead atoms. The van der Waals surface area contributed by atoms with E-state index in [0.29, 0.717) is 0 Å². The Hall–Kier alpha value is -0.440. The van der Waals surface area contributed by atoms with Gasteiger partial charge < -0.3 is 4.57 Å². The van der Waals surface area contributed by atoms with E-state index < -0.39 is 0 Å². The third kappa shape index (κ3) is 6.94. The van der Waals surface area contributed by atoms with Crippen LogP contribution in [0, 0.1) is 0 Å². The van der Waals surface area contributed by atoms with Crippen LogP contribution in [0.2, 0.25) is 0 Å². The monoisotopic (exact) mass is 240 g/mol. The summed E-state index contributed by atoms with van der Waals surface area (Å²) in [5.41, 5.74) is 0. The van der Waals surface area contributed by atoms with E-state index >= 15 is 0 Å². The maximum absolute atomic E-state index is 4.21. The van der Waals surface area contributed by atoms with Gasteiger partial charge in [0.25, 0.3) is 0 Å². The highest BCUT2D eigenvalue weighted by Gasteiger charge is 1.93. The van der Waals surface area contributed by atoms with Gasteiger partial charge in [-0.1, -0.05) is 38.5 Å². The van der Waals surface area contributed by atoms with Crippen LogP contribution in [0.4, 0.5) is 0 Å². The zero-order valence-electron chi connectivity index (χ0n) is 10.1. The fourth-order valence-electron chi connectivity index (χ4n) is 1.89. The van der Waals surface area contributed by atoms with Crippen LogP contribution >= 0.6 is 12.6 Å². The molecule has 0 amide bonds. The standard InChI is InChI=1S/C13H24N2S/c16-12-8-6-4-2-1-3-5-7-10-15-11-9-14-13-15/h9,11,13,16H,1-8,10,12H2. The number of rotatable bonds is 10. The fourth-order valence-corrected chi connectivity index (χ4v) is 2.11. The molecule has 3 heteroatoms. The zero-order chi connectivity index (χ0) is 11.5. The predicted molar refractivity (Wildman–Crippen MR) is 73.0 cm³/mol. The number of unbranched alkanes of at least 4 members (excludes halogenated alkanes) is 7. The van der Waals surface area contributed by atoms with Crippen LogP contribution in [0.15, 0.2) is 18.7 Å². The summed E-state index contributed by atoms with van der Waals surface area (Å²) in [4.78, 5) is 4.04. The maximum Gasteiger partial charge on any atom is 0.0945 e. The Balaban J connectivity index is 1.78. The number of hydrogen-bond donors (Lipinski definition) is 1. The molecular weight excluding hydrogens is 216 g/mol. The van der Waals surface area contributed by atoms with Crippen LogP contribution in [0.3, 0.4) is 0 Å². The van der Waals surface area contributed by atoms with Gasteiger partial charge in [0.1, 0.15) is 0 Å². The molecule has 1 aromatic rings. The van der Waals surface area contributed by atoms with Crippen molar-refractivity contribution in [3.63, 3.8) is 0 Å². The van der Waals surface area contributed by atoms with E-state index in [4.69, 9.17) is 0 Å². The zero-order valence-corrected chi connectivity index (χ0v) is 11.0. The second kappa shape index (κ2) is 9.76. The molecule has 1 aromatic heterocycles. The van der Waals surface area contributed by atoms with Gasteiger partial charge in [0.05, 0.1) is 6.33 Å². The number of aryl methyl sites for hydroxylation is 1. The lowest BCUT2D eigenvalue weighted by Gasteiger charge is -2.02. The van der Waals surface area contributed by atoms with Crippen molar-refractivity contribution in [1.82, 2.24) is 9.55 Å². The Morgan fingerprint density at radius 1 is 0.875 bits per heavy atom. The van der Waals surface area contributed by atoms with E-state index in [1.165, 1.54) is 51.4 Å². The van der Waals surface area contributed by atoms with Crippen LogP contribution in [0.5, 0.6) is 0 Å². The summed E-state index contributed by atoms with van der Waals surface area (Å²) in [7, 11) is 0. The van der Waals surface area contributed by atoms with Crippen LogP contribution in [-0.4, -0.2) is 15.3 Å². The largest absolute Gasteiger partial charge is 0.337 e. The molecule has 0 fully saturated rings. The predicted octanol–water partition coefficient (Wildman–Crippen LogP) is 3.93. The maximum atomic E-state index is 4.21.